The van der Waals surface area contributed by atoms with E-state index in [0.717, 1.165) is 0 Å². The van der Waals surface area contributed by atoms with Gasteiger partial charge >= 0.3 is 0 Å². The van der Waals surface area contributed by atoms with Gasteiger partial charge in [0, 0.05) is 28.6 Å². The molecule has 0 atom stereocenters. The minimum Gasteiger partial charge on any atom is -0.109 e. The quantitative estimate of drug-likeness (QED) is 0.458. The van der Waals surface area contributed by atoms with E-state index in [1.54, 1.807) is 29.7 Å². The molecular weight excluding hydrogens is 264 g/mol. The smallest absolute Gasteiger partial charge is 0.0443 e. The first-order valence-electron chi connectivity index (χ1n) is 7.49. The molecule has 0 aliphatic carbocycles. The van der Waals surface area contributed by atoms with Gasteiger partial charge in [-0.15, -0.1) is 12.3 Å². The molecule has 0 aliphatic rings. The molecule has 0 heterocycles. The fourth-order valence-electron chi connectivity index (χ4n) is 2.26. The maximum absolute atomic E-state index is 3.84. The molecule has 0 bridgehead atoms. The molecule has 0 radical (unpaired) electrons. The summed E-state index contributed by atoms with van der Waals surface area (Å²) >= 11 is 0. The van der Waals surface area contributed by atoms with Crippen LogP contribution in [0.3, 0.4) is 0 Å². The summed E-state index contributed by atoms with van der Waals surface area (Å²) in [5.74, 6) is 0. The molecule has 100 valence electrons. The predicted molar refractivity (Wildman–Crippen MR) is 94.7 cm³/mol. The van der Waals surface area contributed by atoms with Crippen LogP contribution in [0.1, 0.15) is 11.1 Å². The van der Waals surface area contributed by atoms with Crippen molar-refractivity contribution in [2.75, 3.05) is 0 Å². The van der Waals surface area contributed by atoms with Gasteiger partial charge in [-0.25, -0.2) is 0 Å². The Balaban J connectivity index is 1.92. The first-order valence-corrected chi connectivity index (χ1v) is 13.3. The van der Waals surface area contributed by atoms with Crippen LogP contribution in [0.2, 0.25) is 30.2 Å². The van der Waals surface area contributed by atoms with Gasteiger partial charge in [-0.1, -0.05) is 60.0 Å². The molecule has 0 fully saturated rings. The maximum Gasteiger partial charge on any atom is 0.0443 e. The average molecular weight is 293 g/mol. The Kier molecular flexibility index (Phi) is 9.16. The second-order valence-electron chi connectivity index (χ2n) is 5.29. The highest BCUT2D eigenvalue weighted by molar-refractivity contribution is 6.47. The van der Waals surface area contributed by atoms with Gasteiger partial charge in [-0.3, -0.25) is 0 Å². The summed E-state index contributed by atoms with van der Waals surface area (Å²) in [6.45, 7) is 6.00. The summed E-state index contributed by atoms with van der Waals surface area (Å²) in [5.41, 5.74) is 5.12. The second kappa shape index (κ2) is 10.5. The van der Waals surface area contributed by atoms with Crippen LogP contribution in [0.5, 0.6) is 0 Å². The molecular formula is C15H28Si3. The van der Waals surface area contributed by atoms with Crippen LogP contribution in [-0.2, 0) is 6.42 Å². The first kappa shape index (κ1) is 15.7. The molecule has 0 aliphatic heterocycles. The summed E-state index contributed by atoms with van der Waals surface area (Å²) in [6.07, 6.45) is 1.33. The lowest BCUT2D eigenvalue weighted by atomic mass is 10.1. The van der Waals surface area contributed by atoms with E-state index < -0.39 is 0 Å². The van der Waals surface area contributed by atoms with E-state index in [1.807, 2.05) is 0 Å². The maximum atomic E-state index is 3.84. The largest absolute Gasteiger partial charge is 0.109 e. The molecule has 0 nitrogen and oxygen atoms in total. The molecule has 18 heavy (non-hydrogen) atoms. The lowest BCUT2D eigenvalue weighted by molar-refractivity contribution is 1.11. The Morgan fingerprint density at radius 3 is 2.22 bits per heavy atom. The fourth-order valence-corrected chi connectivity index (χ4v) is 9.31. The molecule has 0 amide bonds. The summed E-state index contributed by atoms with van der Waals surface area (Å²) in [5, 5.41) is 0. The first-order chi connectivity index (χ1) is 8.83. The van der Waals surface area contributed by atoms with E-state index in [1.165, 1.54) is 18.0 Å². The Hall–Kier alpha value is -0.389. The van der Waals surface area contributed by atoms with E-state index >= 15 is 0 Å². The number of benzene rings is 1. The van der Waals surface area contributed by atoms with Crippen molar-refractivity contribution in [3.8, 4) is 0 Å². The number of rotatable bonds is 10. The third-order valence-corrected chi connectivity index (χ3v) is 10.7. The van der Waals surface area contributed by atoms with Gasteiger partial charge < -0.3 is 0 Å². The van der Waals surface area contributed by atoms with E-state index in [0.29, 0.717) is 9.52 Å². The molecule has 0 aromatic heterocycles. The zero-order valence-corrected chi connectivity index (χ0v) is 16.2. The van der Waals surface area contributed by atoms with Crippen LogP contribution < -0.4 is 0 Å². The molecule has 0 N–H and O–H groups in total. The van der Waals surface area contributed by atoms with Crippen molar-refractivity contribution in [2.24, 2.45) is 0 Å². The fraction of sp³-hybridized carbons (Fsp3) is 0.467. The van der Waals surface area contributed by atoms with Gasteiger partial charge in [0.2, 0.25) is 0 Å². The summed E-state index contributed by atoms with van der Waals surface area (Å²) < 4.78 is 0. The van der Waals surface area contributed by atoms with Crippen molar-refractivity contribution >= 4 is 28.6 Å². The van der Waals surface area contributed by atoms with Crippen molar-refractivity contribution in [3.05, 3.63) is 47.7 Å². The van der Waals surface area contributed by atoms with Crippen LogP contribution in [0, 0.1) is 6.92 Å². The predicted octanol–water partition coefficient (Wildman–Crippen LogP) is 2.28. The van der Waals surface area contributed by atoms with Gasteiger partial charge in [-0.05, 0) is 18.9 Å². The molecule has 0 saturated carbocycles. The van der Waals surface area contributed by atoms with E-state index in [4.69, 9.17) is 0 Å². The van der Waals surface area contributed by atoms with Crippen LogP contribution in [0.4, 0.5) is 0 Å². The van der Waals surface area contributed by atoms with Crippen molar-refractivity contribution < 1.29 is 0 Å². The van der Waals surface area contributed by atoms with Gasteiger partial charge in [0.25, 0.3) is 0 Å². The summed E-state index contributed by atoms with van der Waals surface area (Å²) in [7, 11) is 0.710. The van der Waals surface area contributed by atoms with E-state index in [9.17, 15) is 0 Å². The lowest BCUT2D eigenvalue weighted by Gasteiger charge is -2.02. The molecule has 3 heteroatoms. The lowest BCUT2D eigenvalue weighted by Crippen LogP contribution is -1.97. The Morgan fingerprint density at radius 2 is 1.56 bits per heavy atom. The van der Waals surface area contributed by atoms with Crippen LogP contribution >= 0.6 is 0 Å². The molecule has 0 unspecified atom stereocenters. The highest BCUT2D eigenvalue weighted by Gasteiger charge is 1.95. The van der Waals surface area contributed by atoms with Gasteiger partial charge in [-0.2, -0.15) is 0 Å². The highest BCUT2D eigenvalue weighted by atomic mass is 28.2. The Morgan fingerprint density at radius 1 is 0.944 bits per heavy atom. The summed E-state index contributed by atoms with van der Waals surface area (Å²) in [4.78, 5) is 0. The van der Waals surface area contributed by atoms with E-state index in [-0.39, 0.29) is 19.0 Å². The van der Waals surface area contributed by atoms with Crippen molar-refractivity contribution in [1.29, 1.82) is 0 Å². The topological polar surface area (TPSA) is 0 Å². The van der Waals surface area contributed by atoms with Crippen molar-refractivity contribution in [2.45, 2.75) is 43.6 Å². The van der Waals surface area contributed by atoms with Crippen molar-refractivity contribution in [1.82, 2.24) is 0 Å². The Bertz CT molecular complexity index is 319. The summed E-state index contributed by atoms with van der Waals surface area (Å²) in [6, 6.07) is 17.0. The third kappa shape index (κ3) is 7.84. The Labute approximate surface area is 120 Å². The van der Waals surface area contributed by atoms with Crippen molar-refractivity contribution in [3.63, 3.8) is 0 Å². The standard InChI is InChI=1S/C15H28Si3/c1-3-16-10-11-18-13-12-17-9-8-15-6-4-14(2)5-7-15/h3-7H,1,8-13,16-18H2,2H3. The molecule has 1 aromatic rings. The van der Waals surface area contributed by atoms with Crippen LogP contribution in [-0.4, -0.2) is 28.6 Å². The highest BCUT2D eigenvalue weighted by Crippen LogP contribution is 2.07. The monoisotopic (exact) mass is 292 g/mol. The molecule has 0 saturated heterocycles. The second-order valence-corrected chi connectivity index (χ2v) is 11.4. The molecule has 1 rings (SSSR count). The number of hydrogen-bond donors (Lipinski definition) is 0. The van der Waals surface area contributed by atoms with Gasteiger partial charge in [0.05, 0.1) is 0 Å². The zero-order valence-electron chi connectivity index (χ0n) is 12.0. The molecule has 1 aromatic carbocycles. The average Bonchev–Trinajstić information content (AvgIpc) is 2.39. The minimum absolute atomic E-state index is 0.149. The van der Waals surface area contributed by atoms with Gasteiger partial charge in [0.1, 0.15) is 0 Å². The van der Waals surface area contributed by atoms with Crippen LogP contribution in [0.15, 0.2) is 36.5 Å². The van der Waals surface area contributed by atoms with E-state index in [2.05, 4.69) is 43.5 Å². The molecule has 0 spiro atoms. The van der Waals surface area contributed by atoms with Crippen LogP contribution in [0.25, 0.3) is 0 Å². The number of aryl methyl sites for hydroxylation is 2. The number of hydrogen-bond acceptors (Lipinski definition) is 0. The SMILES string of the molecule is C=C[SiH2]CC[SiH2]CC[SiH2]CCc1ccc(C)cc1. The zero-order chi connectivity index (χ0) is 13.1. The minimum atomic E-state index is 0.149. The normalized spacial score (nSPS) is 12.5. The third-order valence-electron chi connectivity index (χ3n) is 3.49. The van der Waals surface area contributed by atoms with Gasteiger partial charge in [0.15, 0.2) is 0 Å².